The van der Waals surface area contributed by atoms with Crippen molar-refractivity contribution in [2.24, 2.45) is 7.05 Å². The van der Waals surface area contributed by atoms with Crippen molar-refractivity contribution in [3.8, 4) is 11.1 Å². The first-order valence-corrected chi connectivity index (χ1v) is 7.58. The molecule has 4 heteroatoms. The lowest BCUT2D eigenvalue weighted by Gasteiger charge is -2.31. The van der Waals surface area contributed by atoms with Crippen molar-refractivity contribution in [3.63, 3.8) is 0 Å². The first-order valence-electron chi connectivity index (χ1n) is 7.58. The Balaban J connectivity index is 1.64. The molecule has 3 rings (SSSR count). The molecule has 1 atom stereocenters. The molecule has 0 aliphatic carbocycles. The Morgan fingerprint density at radius 1 is 1.24 bits per heavy atom. The summed E-state index contributed by atoms with van der Waals surface area (Å²) in [4.78, 5) is 2.48. The molecule has 21 heavy (non-hydrogen) atoms. The second kappa shape index (κ2) is 6.41. The van der Waals surface area contributed by atoms with Gasteiger partial charge in [0.15, 0.2) is 0 Å². The maximum absolute atomic E-state index is 5.49. The molecule has 1 fully saturated rings. The average Bonchev–Trinajstić information content (AvgIpc) is 2.95. The van der Waals surface area contributed by atoms with E-state index in [-0.39, 0.29) is 0 Å². The predicted octanol–water partition coefficient (Wildman–Crippen LogP) is 2.70. The molecule has 1 aliphatic rings. The van der Waals surface area contributed by atoms with E-state index >= 15 is 0 Å². The highest BCUT2D eigenvalue weighted by molar-refractivity contribution is 5.61. The zero-order valence-electron chi connectivity index (χ0n) is 12.8. The fourth-order valence-electron chi connectivity index (χ4n) is 2.98. The Morgan fingerprint density at radius 2 is 2.05 bits per heavy atom. The maximum Gasteiger partial charge on any atom is 0.0698 e. The van der Waals surface area contributed by atoms with Crippen molar-refractivity contribution in [1.29, 1.82) is 0 Å². The first kappa shape index (κ1) is 14.3. The van der Waals surface area contributed by atoms with E-state index in [9.17, 15) is 0 Å². The highest BCUT2D eigenvalue weighted by Crippen LogP contribution is 2.20. The number of methoxy groups -OCH3 is 1. The molecular formula is C17H23N3O. The minimum absolute atomic E-state index is 0.397. The van der Waals surface area contributed by atoms with E-state index in [0.717, 1.165) is 13.1 Å². The minimum Gasteiger partial charge on any atom is -0.380 e. The van der Waals surface area contributed by atoms with Gasteiger partial charge in [-0.3, -0.25) is 9.58 Å². The van der Waals surface area contributed by atoms with Gasteiger partial charge in [0.1, 0.15) is 0 Å². The Kier molecular flexibility index (Phi) is 4.36. The summed E-state index contributed by atoms with van der Waals surface area (Å²) >= 11 is 0. The van der Waals surface area contributed by atoms with Gasteiger partial charge in [-0.05, 0) is 30.5 Å². The second-order valence-electron chi connectivity index (χ2n) is 5.83. The topological polar surface area (TPSA) is 30.3 Å². The van der Waals surface area contributed by atoms with Crippen LogP contribution in [0.25, 0.3) is 11.1 Å². The van der Waals surface area contributed by atoms with Crippen molar-refractivity contribution in [1.82, 2.24) is 14.7 Å². The quantitative estimate of drug-likeness (QED) is 0.865. The number of hydrogen-bond donors (Lipinski definition) is 0. The van der Waals surface area contributed by atoms with Gasteiger partial charge >= 0.3 is 0 Å². The average molecular weight is 285 g/mol. The van der Waals surface area contributed by atoms with Crippen LogP contribution in [0, 0.1) is 0 Å². The highest BCUT2D eigenvalue weighted by atomic mass is 16.5. The van der Waals surface area contributed by atoms with Crippen LogP contribution in [0.5, 0.6) is 0 Å². The molecule has 1 unspecified atom stereocenters. The number of piperidine rings is 1. The van der Waals surface area contributed by atoms with E-state index in [1.165, 1.54) is 36.1 Å². The van der Waals surface area contributed by atoms with E-state index in [2.05, 4.69) is 34.3 Å². The summed E-state index contributed by atoms with van der Waals surface area (Å²) in [5.74, 6) is 0. The minimum atomic E-state index is 0.397. The van der Waals surface area contributed by atoms with Gasteiger partial charge < -0.3 is 4.74 Å². The third-order valence-corrected chi connectivity index (χ3v) is 4.19. The van der Waals surface area contributed by atoms with Crippen LogP contribution in [0.4, 0.5) is 0 Å². The number of rotatable bonds is 4. The van der Waals surface area contributed by atoms with Crippen LogP contribution in [0.1, 0.15) is 18.4 Å². The Bertz CT molecular complexity index is 576. The number of aryl methyl sites for hydroxylation is 1. The summed E-state index contributed by atoms with van der Waals surface area (Å²) in [6.45, 7) is 3.22. The van der Waals surface area contributed by atoms with E-state index < -0.39 is 0 Å². The van der Waals surface area contributed by atoms with Crippen molar-refractivity contribution < 1.29 is 4.74 Å². The van der Waals surface area contributed by atoms with Crippen molar-refractivity contribution in [2.75, 3.05) is 20.2 Å². The van der Waals surface area contributed by atoms with Crippen LogP contribution < -0.4 is 0 Å². The lowest BCUT2D eigenvalue weighted by Crippen LogP contribution is -2.38. The van der Waals surface area contributed by atoms with Gasteiger partial charge in [-0.1, -0.05) is 24.3 Å². The molecule has 1 aliphatic heterocycles. The van der Waals surface area contributed by atoms with Gasteiger partial charge in [0.2, 0.25) is 0 Å². The van der Waals surface area contributed by atoms with Gasteiger partial charge in [0.05, 0.1) is 12.3 Å². The molecule has 1 aromatic carbocycles. The zero-order chi connectivity index (χ0) is 14.7. The number of hydrogen-bond acceptors (Lipinski definition) is 3. The van der Waals surface area contributed by atoms with Crippen molar-refractivity contribution in [3.05, 3.63) is 42.2 Å². The smallest absolute Gasteiger partial charge is 0.0698 e. The summed E-state index contributed by atoms with van der Waals surface area (Å²) < 4.78 is 7.32. The Hall–Kier alpha value is -1.65. The lowest BCUT2D eigenvalue weighted by atomic mass is 10.0. The van der Waals surface area contributed by atoms with Gasteiger partial charge in [0, 0.05) is 39.0 Å². The Labute approximate surface area is 126 Å². The summed E-state index contributed by atoms with van der Waals surface area (Å²) in [6.07, 6.45) is 6.76. The normalized spacial score (nSPS) is 19.8. The molecule has 112 valence electrons. The van der Waals surface area contributed by atoms with E-state index in [1.54, 1.807) is 0 Å². The van der Waals surface area contributed by atoms with Crippen LogP contribution >= 0.6 is 0 Å². The monoisotopic (exact) mass is 285 g/mol. The maximum atomic E-state index is 5.49. The number of aromatic nitrogens is 2. The second-order valence-corrected chi connectivity index (χ2v) is 5.83. The third kappa shape index (κ3) is 3.52. The summed E-state index contributed by atoms with van der Waals surface area (Å²) in [7, 11) is 3.76. The number of ether oxygens (including phenoxy) is 1. The molecule has 0 amide bonds. The van der Waals surface area contributed by atoms with Gasteiger partial charge in [0.25, 0.3) is 0 Å². The summed E-state index contributed by atoms with van der Waals surface area (Å²) in [5.41, 5.74) is 3.75. The fourth-order valence-corrected chi connectivity index (χ4v) is 2.98. The van der Waals surface area contributed by atoms with Crippen LogP contribution in [0.15, 0.2) is 36.7 Å². The fraction of sp³-hybridized carbons (Fsp3) is 0.471. The van der Waals surface area contributed by atoms with Crippen LogP contribution in [-0.4, -0.2) is 41.0 Å². The molecule has 0 saturated carbocycles. The van der Waals surface area contributed by atoms with E-state index in [4.69, 9.17) is 4.74 Å². The number of likely N-dealkylation sites (tertiary alicyclic amines) is 1. The van der Waals surface area contributed by atoms with E-state index in [1.807, 2.05) is 31.2 Å². The highest BCUT2D eigenvalue weighted by Gasteiger charge is 2.19. The molecule has 0 bridgehead atoms. The number of nitrogens with zero attached hydrogens (tertiary/aromatic N) is 3. The lowest BCUT2D eigenvalue weighted by molar-refractivity contribution is 0.0285. The van der Waals surface area contributed by atoms with E-state index in [0.29, 0.717) is 6.10 Å². The molecule has 4 nitrogen and oxygen atoms in total. The molecule has 2 heterocycles. The molecule has 1 saturated heterocycles. The summed E-state index contributed by atoms with van der Waals surface area (Å²) in [5, 5.41) is 4.22. The van der Waals surface area contributed by atoms with Gasteiger partial charge in [-0.25, -0.2) is 0 Å². The van der Waals surface area contributed by atoms with Crippen LogP contribution in [0.3, 0.4) is 0 Å². The number of benzene rings is 1. The predicted molar refractivity (Wildman–Crippen MR) is 84.0 cm³/mol. The van der Waals surface area contributed by atoms with Crippen molar-refractivity contribution in [2.45, 2.75) is 25.5 Å². The summed E-state index contributed by atoms with van der Waals surface area (Å²) in [6, 6.07) is 8.81. The van der Waals surface area contributed by atoms with Gasteiger partial charge in [-0.15, -0.1) is 0 Å². The molecule has 2 aromatic rings. The van der Waals surface area contributed by atoms with Crippen LogP contribution in [0.2, 0.25) is 0 Å². The molecule has 0 radical (unpaired) electrons. The van der Waals surface area contributed by atoms with Gasteiger partial charge in [-0.2, -0.15) is 5.10 Å². The molecule has 1 aromatic heterocycles. The van der Waals surface area contributed by atoms with Crippen molar-refractivity contribution >= 4 is 0 Å². The Morgan fingerprint density at radius 3 is 2.71 bits per heavy atom. The third-order valence-electron chi connectivity index (χ3n) is 4.19. The zero-order valence-corrected chi connectivity index (χ0v) is 12.8. The molecule has 0 N–H and O–H groups in total. The largest absolute Gasteiger partial charge is 0.380 e. The van der Waals surface area contributed by atoms with Crippen LogP contribution in [-0.2, 0) is 18.3 Å². The standard InChI is InChI=1S/C17H23N3O/c1-19-12-16(10-18-19)15-7-5-14(6-8-15)11-20-9-3-4-17(13-20)21-2/h5-8,10,12,17H,3-4,9,11,13H2,1-2H3. The SMILES string of the molecule is COC1CCCN(Cc2ccc(-c3cnn(C)c3)cc2)C1. The molecule has 0 spiro atoms. The first-order chi connectivity index (χ1) is 10.2. The molecular weight excluding hydrogens is 262 g/mol.